The van der Waals surface area contributed by atoms with E-state index >= 15 is 0 Å². The van der Waals surface area contributed by atoms with Crippen molar-refractivity contribution in [2.24, 2.45) is 0 Å². The van der Waals surface area contributed by atoms with Crippen LogP contribution in [0.1, 0.15) is 29.9 Å². The Morgan fingerprint density at radius 3 is 2.43 bits per heavy atom. The second-order valence-electron chi connectivity index (χ2n) is 4.69. The molecule has 1 heterocycles. The number of aryl methyl sites for hydroxylation is 1. The smallest absolute Gasteiger partial charge is 0.162 e. The molecule has 0 aliphatic rings. The number of halogens is 1. The first-order chi connectivity index (χ1) is 10.1. The van der Waals surface area contributed by atoms with E-state index in [1.54, 1.807) is 26.5 Å². The highest BCUT2D eigenvalue weighted by molar-refractivity contribution is 6.31. The zero-order valence-corrected chi connectivity index (χ0v) is 13.5. The molecule has 0 saturated heterocycles. The average molecular weight is 310 g/mol. The maximum atomic E-state index is 6.42. The summed E-state index contributed by atoms with van der Waals surface area (Å²) < 4.78 is 16.3. The second-order valence-corrected chi connectivity index (χ2v) is 5.09. The van der Waals surface area contributed by atoms with Gasteiger partial charge in [-0.15, -0.1) is 0 Å². The number of furan rings is 1. The Balaban J connectivity index is 2.53. The van der Waals surface area contributed by atoms with Gasteiger partial charge >= 0.3 is 0 Å². The molecule has 1 aromatic heterocycles. The van der Waals surface area contributed by atoms with Crippen molar-refractivity contribution in [2.75, 3.05) is 20.8 Å². The molecule has 0 amide bonds. The molecule has 0 aliphatic carbocycles. The van der Waals surface area contributed by atoms with Crippen LogP contribution in [0.2, 0.25) is 5.02 Å². The first-order valence-electron chi connectivity index (χ1n) is 6.81. The molecule has 4 nitrogen and oxygen atoms in total. The largest absolute Gasteiger partial charge is 0.493 e. The molecule has 1 unspecified atom stereocenters. The summed E-state index contributed by atoms with van der Waals surface area (Å²) in [7, 11) is 3.20. The third kappa shape index (κ3) is 3.17. The van der Waals surface area contributed by atoms with Crippen LogP contribution in [-0.2, 0) is 0 Å². The highest BCUT2D eigenvalue weighted by Crippen LogP contribution is 2.38. The standard InChI is InChI=1S/C16H20ClNO3/c1-5-18-15(16-10(2)6-7-21-16)11-8-13(19-3)14(20-4)9-12(11)17/h6-9,15,18H,5H2,1-4H3. The average Bonchev–Trinajstić information content (AvgIpc) is 2.90. The molecule has 0 radical (unpaired) electrons. The maximum absolute atomic E-state index is 6.42. The lowest BCUT2D eigenvalue weighted by Crippen LogP contribution is -2.22. The van der Waals surface area contributed by atoms with E-state index in [0.29, 0.717) is 16.5 Å². The quantitative estimate of drug-likeness (QED) is 0.877. The highest BCUT2D eigenvalue weighted by Gasteiger charge is 2.23. The summed E-state index contributed by atoms with van der Waals surface area (Å²) >= 11 is 6.42. The third-order valence-electron chi connectivity index (χ3n) is 3.39. The van der Waals surface area contributed by atoms with Crippen LogP contribution in [0, 0.1) is 6.92 Å². The summed E-state index contributed by atoms with van der Waals surface area (Å²) in [4.78, 5) is 0. The van der Waals surface area contributed by atoms with Gasteiger partial charge in [0.25, 0.3) is 0 Å². The minimum atomic E-state index is -0.127. The van der Waals surface area contributed by atoms with Crippen LogP contribution < -0.4 is 14.8 Å². The first kappa shape index (κ1) is 15.7. The fourth-order valence-corrected chi connectivity index (χ4v) is 2.58. The van der Waals surface area contributed by atoms with Crippen molar-refractivity contribution >= 4 is 11.6 Å². The zero-order valence-electron chi connectivity index (χ0n) is 12.7. The minimum absolute atomic E-state index is 0.127. The van der Waals surface area contributed by atoms with Crippen LogP contribution in [0.4, 0.5) is 0 Å². The SMILES string of the molecule is CCNC(c1cc(OC)c(OC)cc1Cl)c1occc1C. The van der Waals surface area contributed by atoms with Gasteiger partial charge in [0.2, 0.25) is 0 Å². The lowest BCUT2D eigenvalue weighted by atomic mass is 10.0. The van der Waals surface area contributed by atoms with Crippen molar-refractivity contribution in [1.29, 1.82) is 0 Å². The van der Waals surface area contributed by atoms with Gasteiger partial charge in [0.1, 0.15) is 5.76 Å². The zero-order chi connectivity index (χ0) is 15.4. The Kier molecular flexibility index (Phi) is 5.15. The van der Waals surface area contributed by atoms with E-state index in [0.717, 1.165) is 23.4 Å². The monoisotopic (exact) mass is 309 g/mol. The van der Waals surface area contributed by atoms with Gasteiger partial charge in [-0.05, 0) is 36.7 Å². The van der Waals surface area contributed by atoms with E-state index in [1.165, 1.54) is 0 Å². The van der Waals surface area contributed by atoms with Crippen LogP contribution in [0.15, 0.2) is 28.9 Å². The molecule has 0 saturated carbocycles. The Morgan fingerprint density at radius 2 is 1.90 bits per heavy atom. The number of rotatable bonds is 6. The number of benzene rings is 1. The van der Waals surface area contributed by atoms with E-state index in [-0.39, 0.29) is 6.04 Å². The molecule has 2 rings (SSSR count). The lowest BCUT2D eigenvalue weighted by molar-refractivity contribution is 0.353. The molecule has 1 aromatic carbocycles. The van der Waals surface area contributed by atoms with Gasteiger partial charge in [-0.2, -0.15) is 0 Å². The van der Waals surface area contributed by atoms with Gasteiger partial charge in [0.15, 0.2) is 11.5 Å². The molecule has 0 aliphatic heterocycles. The van der Waals surface area contributed by atoms with Crippen LogP contribution >= 0.6 is 11.6 Å². The van der Waals surface area contributed by atoms with Crippen LogP contribution in [0.5, 0.6) is 11.5 Å². The number of ether oxygens (including phenoxy) is 2. The van der Waals surface area contributed by atoms with Gasteiger partial charge in [-0.3, -0.25) is 0 Å². The summed E-state index contributed by atoms with van der Waals surface area (Å²) in [6.07, 6.45) is 1.68. The first-order valence-corrected chi connectivity index (χ1v) is 7.18. The molecule has 114 valence electrons. The summed E-state index contributed by atoms with van der Waals surface area (Å²) in [6.45, 7) is 4.84. The Bertz CT molecular complexity index is 610. The fraction of sp³-hybridized carbons (Fsp3) is 0.375. The topological polar surface area (TPSA) is 43.6 Å². The number of hydrogen-bond acceptors (Lipinski definition) is 4. The lowest BCUT2D eigenvalue weighted by Gasteiger charge is -2.20. The molecule has 5 heteroatoms. The van der Waals surface area contributed by atoms with E-state index in [9.17, 15) is 0 Å². The Labute approximate surface area is 130 Å². The molecule has 0 fully saturated rings. The maximum Gasteiger partial charge on any atom is 0.162 e. The predicted octanol–water partition coefficient (Wildman–Crippen LogP) is 3.96. The van der Waals surface area contributed by atoms with Gasteiger partial charge in [-0.1, -0.05) is 18.5 Å². The minimum Gasteiger partial charge on any atom is -0.493 e. The van der Waals surface area contributed by atoms with E-state index in [4.69, 9.17) is 25.5 Å². The van der Waals surface area contributed by atoms with E-state index in [2.05, 4.69) is 5.32 Å². The molecule has 21 heavy (non-hydrogen) atoms. The second kappa shape index (κ2) is 6.87. The Hall–Kier alpha value is -1.65. The molecular weight excluding hydrogens is 290 g/mol. The number of hydrogen-bond donors (Lipinski definition) is 1. The molecular formula is C16H20ClNO3. The van der Waals surface area contributed by atoms with E-state index < -0.39 is 0 Å². The van der Waals surface area contributed by atoms with Gasteiger partial charge < -0.3 is 19.2 Å². The van der Waals surface area contributed by atoms with Crippen molar-refractivity contribution < 1.29 is 13.9 Å². The summed E-state index contributed by atoms with van der Waals surface area (Å²) in [6, 6.07) is 5.46. The molecule has 1 atom stereocenters. The molecule has 1 N–H and O–H groups in total. The molecule has 0 bridgehead atoms. The Morgan fingerprint density at radius 1 is 1.24 bits per heavy atom. The van der Waals surface area contributed by atoms with Crippen molar-refractivity contribution in [2.45, 2.75) is 19.9 Å². The molecule has 0 spiro atoms. The van der Waals surface area contributed by atoms with Crippen LogP contribution in [-0.4, -0.2) is 20.8 Å². The van der Waals surface area contributed by atoms with Crippen molar-refractivity contribution in [3.05, 3.63) is 46.4 Å². The fourth-order valence-electron chi connectivity index (χ4n) is 2.32. The number of nitrogens with one attached hydrogen (secondary N) is 1. The van der Waals surface area contributed by atoms with Crippen LogP contribution in [0.3, 0.4) is 0 Å². The van der Waals surface area contributed by atoms with Gasteiger partial charge in [0.05, 0.1) is 26.5 Å². The normalized spacial score (nSPS) is 12.2. The predicted molar refractivity (Wildman–Crippen MR) is 83.5 cm³/mol. The highest BCUT2D eigenvalue weighted by atomic mass is 35.5. The van der Waals surface area contributed by atoms with Gasteiger partial charge in [0, 0.05) is 11.1 Å². The summed E-state index contributed by atoms with van der Waals surface area (Å²) in [5.74, 6) is 2.10. The summed E-state index contributed by atoms with van der Waals surface area (Å²) in [5.41, 5.74) is 1.97. The van der Waals surface area contributed by atoms with Gasteiger partial charge in [-0.25, -0.2) is 0 Å². The van der Waals surface area contributed by atoms with Crippen molar-refractivity contribution in [3.63, 3.8) is 0 Å². The van der Waals surface area contributed by atoms with Crippen molar-refractivity contribution in [1.82, 2.24) is 5.32 Å². The van der Waals surface area contributed by atoms with Crippen molar-refractivity contribution in [3.8, 4) is 11.5 Å². The van der Waals surface area contributed by atoms with Crippen LogP contribution in [0.25, 0.3) is 0 Å². The third-order valence-corrected chi connectivity index (χ3v) is 3.71. The summed E-state index contributed by atoms with van der Waals surface area (Å²) in [5, 5.41) is 4.00. The number of methoxy groups -OCH3 is 2. The van der Waals surface area contributed by atoms with E-state index in [1.807, 2.05) is 26.0 Å². The molecule has 2 aromatic rings.